The van der Waals surface area contributed by atoms with Crippen LogP contribution in [0.25, 0.3) is 0 Å². The van der Waals surface area contributed by atoms with Gasteiger partial charge in [0.05, 0.1) is 21.8 Å². The predicted octanol–water partition coefficient (Wildman–Crippen LogP) is 4.60. The van der Waals surface area contributed by atoms with Crippen molar-refractivity contribution in [2.24, 2.45) is 0 Å². The topological polar surface area (TPSA) is 38.0 Å². The van der Waals surface area contributed by atoms with Crippen molar-refractivity contribution in [3.63, 3.8) is 0 Å². The maximum atomic E-state index is 13.3. The fourth-order valence-corrected chi connectivity index (χ4v) is 2.75. The Kier molecular flexibility index (Phi) is 3.78. The van der Waals surface area contributed by atoms with Gasteiger partial charge in [0.15, 0.2) is 0 Å². The van der Waals surface area contributed by atoms with Crippen molar-refractivity contribution in [1.82, 2.24) is 0 Å². The van der Waals surface area contributed by atoms with E-state index in [4.69, 9.17) is 17.3 Å². The number of thiophene rings is 1. The summed E-state index contributed by atoms with van der Waals surface area (Å²) >= 11 is 7.42. The van der Waals surface area contributed by atoms with E-state index in [1.54, 1.807) is 13.0 Å². The third kappa shape index (κ3) is 2.76. The van der Waals surface area contributed by atoms with Gasteiger partial charge in [-0.05, 0) is 43.7 Å². The molecule has 0 amide bonds. The van der Waals surface area contributed by atoms with Crippen LogP contribution in [-0.2, 0) is 0 Å². The first-order valence-corrected chi connectivity index (χ1v) is 6.74. The van der Waals surface area contributed by atoms with Crippen LogP contribution in [0.2, 0.25) is 4.34 Å². The van der Waals surface area contributed by atoms with E-state index in [-0.39, 0.29) is 11.9 Å². The van der Waals surface area contributed by atoms with Gasteiger partial charge in [0.1, 0.15) is 5.82 Å². The lowest BCUT2D eigenvalue weighted by Gasteiger charge is -2.16. The van der Waals surface area contributed by atoms with Crippen LogP contribution in [0.1, 0.15) is 23.4 Å². The lowest BCUT2D eigenvalue weighted by atomic mass is 10.1. The van der Waals surface area contributed by atoms with Crippen molar-refractivity contribution in [3.8, 4) is 0 Å². The van der Waals surface area contributed by atoms with Crippen LogP contribution in [-0.4, -0.2) is 0 Å². The molecule has 1 unspecified atom stereocenters. The zero-order valence-corrected chi connectivity index (χ0v) is 11.7. The smallest absolute Gasteiger partial charge is 0.128 e. The number of nitrogens with two attached hydrogens (primary N) is 1. The Morgan fingerprint density at radius 3 is 2.72 bits per heavy atom. The summed E-state index contributed by atoms with van der Waals surface area (Å²) < 4.78 is 14.1. The van der Waals surface area contributed by atoms with Crippen molar-refractivity contribution in [3.05, 3.63) is 44.9 Å². The molecule has 0 radical (unpaired) electrons. The minimum absolute atomic E-state index is 0.0784. The van der Waals surface area contributed by atoms with Crippen LogP contribution in [0, 0.1) is 12.7 Å². The quantitative estimate of drug-likeness (QED) is 0.808. The number of halogens is 2. The summed E-state index contributed by atoms with van der Waals surface area (Å²) in [5, 5.41) is 3.27. The van der Waals surface area contributed by atoms with Gasteiger partial charge in [0, 0.05) is 4.88 Å². The maximum absolute atomic E-state index is 13.3. The molecule has 0 aliphatic rings. The van der Waals surface area contributed by atoms with E-state index in [9.17, 15) is 4.39 Å². The van der Waals surface area contributed by atoms with Crippen molar-refractivity contribution in [2.75, 3.05) is 11.1 Å². The third-order valence-corrected chi connectivity index (χ3v) is 4.14. The molecule has 2 nitrogen and oxygen atoms in total. The summed E-state index contributed by atoms with van der Waals surface area (Å²) in [6.07, 6.45) is 0. The zero-order chi connectivity index (χ0) is 13.3. The van der Waals surface area contributed by atoms with Gasteiger partial charge < -0.3 is 11.1 Å². The number of rotatable bonds is 3. The fraction of sp³-hybridized carbons (Fsp3) is 0.231. The van der Waals surface area contributed by atoms with Crippen LogP contribution < -0.4 is 11.1 Å². The summed E-state index contributed by atoms with van der Waals surface area (Å²) in [7, 11) is 0. The summed E-state index contributed by atoms with van der Waals surface area (Å²) in [6.45, 7) is 3.73. The Morgan fingerprint density at radius 1 is 1.39 bits per heavy atom. The second-order valence-corrected chi connectivity index (χ2v) is 5.94. The summed E-state index contributed by atoms with van der Waals surface area (Å²) in [6, 6.07) is 6.97. The second-order valence-electron chi connectivity index (χ2n) is 4.20. The van der Waals surface area contributed by atoms with Gasteiger partial charge in [-0.1, -0.05) is 11.6 Å². The molecule has 0 spiro atoms. The Balaban J connectivity index is 2.21. The van der Waals surface area contributed by atoms with Crippen LogP contribution >= 0.6 is 22.9 Å². The largest absolute Gasteiger partial charge is 0.397 e. The molecule has 96 valence electrons. The number of benzene rings is 1. The van der Waals surface area contributed by atoms with Crippen molar-refractivity contribution < 1.29 is 4.39 Å². The molecule has 5 heteroatoms. The molecule has 2 rings (SSSR count). The second kappa shape index (κ2) is 5.16. The van der Waals surface area contributed by atoms with Crippen molar-refractivity contribution >= 4 is 34.3 Å². The van der Waals surface area contributed by atoms with Crippen LogP contribution in [0.3, 0.4) is 0 Å². The van der Waals surface area contributed by atoms with E-state index in [0.29, 0.717) is 11.3 Å². The summed E-state index contributed by atoms with van der Waals surface area (Å²) in [5.41, 5.74) is 7.52. The molecule has 18 heavy (non-hydrogen) atoms. The third-order valence-electron chi connectivity index (χ3n) is 2.72. The summed E-state index contributed by atoms with van der Waals surface area (Å²) in [4.78, 5) is 1.11. The highest BCUT2D eigenvalue weighted by Crippen LogP contribution is 2.31. The average Bonchev–Trinajstić information content (AvgIpc) is 2.73. The van der Waals surface area contributed by atoms with Gasteiger partial charge in [-0.3, -0.25) is 0 Å². The SMILES string of the molecule is Cc1cc(NC(C)c2ccc(Cl)s2)c(N)cc1F. The molecule has 2 aromatic rings. The van der Waals surface area contributed by atoms with E-state index in [1.807, 2.05) is 19.1 Å². The number of anilines is 2. The minimum atomic E-state index is -0.287. The lowest BCUT2D eigenvalue weighted by molar-refractivity contribution is 0.619. The van der Waals surface area contributed by atoms with E-state index in [0.717, 1.165) is 14.9 Å². The monoisotopic (exact) mass is 284 g/mol. The van der Waals surface area contributed by atoms with Gasteiger partial charge in [0.2, 0.25) is 0 Å². The van der Waals surface area contributed by atoms with E-state index in [1.165, 1.54) is 17.4 Å². The molecule has 1 heterocycles. The molecule has 1 aromatic heterocycles. The normalized spacial score (nSPS) is 12.4. The zero-order valence-electron chi connectivity index (χ0n) is 10.1. The molecule has 0 aliphatic carbocycles. The molecule has 3 N–H and O–H groups in total. The maximum Gasteiger partial charge on any atom is 0.128 e. The van der Waals surface area contributed by atoms with Crippen LogP contribution in [0.5, 0.6) is 0 Å². The highest BCUT2D eigenvalue weighted by molar-refractivity contribution is 7.16. The van der Waals surface area contributed by atoms with Gasteiger partial charge >= 0.3 is 0 Å². The molecule has 0 aliphatic heterocycles. The number of aryl methyl sites for hydroxylation is 1. The van der Waals surface area contributed by atoms with Crippen molar-refractivity contribution in [2.45, 2.75) is 19.9 Å². The molecule has 0 saturated heterocycles. The fourth-order valence-electron chi connectivity index (χ4n) is 1.69. The van der Waals surface area contributed by atoms with Crippen LogP contribution in [0.15, 0.2) is 24.3 Å². The molecule has 1 aromatic carbocycles. The minimum Gasteiger partial charge on any atom is -0.397 e. The first-order chi connectivity index (χ1) is 8.47. The van der Waals surface area contributed by atoms with Gasteiger partial charge in [-0.2, -0.15) is 0 Å². The van der Waals surface area contributed by atoms with E-state index in [2.05, 4.69) is 5.32 Å². The Morgan fingerprint density at radius 2 is 2.11 bits per heavy atom. The lowest BCUT2D eigenvalue weighted by Crippen LogP contribution is -2.07. The van der Waals surface area contributed by atoms with Gasteiger partial charge in [0.25, 0.3) is 0 Å². The summed E-state index contributed by atoms with van der Waals surface area (Å²) in [5.74, 6) is -0.287. The van der Waals surface area contributed by atoms with E-state index < -0.39 is 0 Å². The van der Waals surface area contributed by atoms with E-state index >= 15 is 0 Å². The van der Waals surface area contributed by atoms with Crippen molar-refractivity contribution in [1.29, 1.82) is 0 Å². The number of nitrogens with one attached hydrogen (secondary N) is 1. The molecular weight excluding hydrogens is 271 g/mol. The Labute approximate surface area is 115 Å². The first-order valence-electron chi connectivity index (χ1n) is 5.54. The predicted molar refractivity (Wildman–Crippen MR) is 76.9 cm³/mol. The first kappa shape index (κ1) is 13.2. The highest BCUT2D eigenvalue weighted by Gasteiger charge is 2.11. The molecule has 0 bridgehead atoms. The van der Waals surface area contributed by atoms with Gasteiger partial charge in [-0.15, -0.1) is 11.3 Å². The number of nitrogen functional groups attached to an aromatic ring is 1. The van der Waals surface area contributed by atoms with Crippen LogP contribution in [0.4, 0.5) is 15.8 Å². The standard InChI is InChI=1S/C13H14ClFN2S/c1-7-5-11(10(16)6-9(7)15)17-8(2)12-3-4-13(14)18-12/h3-6,8,17H,16H2,1-2H3. The highest BCUT2D eigenvalue weighted by atomic mass is 35.5. The molecule has 1 atom stereocenters. The molecule has 0 saturated carbocycles. The molecular formula is C13H14ClFN2S. The Bertz CT molecular complexity index is 568. The number of hydrogen-bond acceptors (Lipinski definition) is 3. The van der Waals surface area contributed by atoms with Gasteiger partial charge in [-0.25, -0.2) is 4.39 Å². The number of hydrogen-bond donors (Lipinski definition) is 2. The Hall–Kier alpha value is -1.26. The molecule has 0 fully saturated rings. The average molecular weight is 285 g/mol.